The molecule has 0 aliphatic carbocycles. The summed E-state index contributed by atoms with van der Waals surface area (Å²) in [6.45, 7) is 2.05. The fraction of sp³-hybridized carbons (Fsp3) is 0.0556. The Morgan fingerprint density at radius 3 is 2.55 bits per heavy atom. The standard InChI is InChI=1S/C18H14N2O2/c1-13-2-9-18-17(12-13)15(10-11-19-18)6-3-14-4-7-16(8-5-14)20(21)22/h2-12H,1H3/b6-3+. The van der Waals surface area contributed by atoms with Crippen molar-refractivity contribution in [2.75, 3.05) is 0 Å². The van der Waals surface area contributed by atoms with Crippen LogP contribution in [-0.4, -0.2) is 9.91 Å². The maximum absolute atomic E-state index is 10.7. The highest BCUT2D eigenvalue weighted by Crippen LogP contribution is 2.21. The number of benzene rings is 2. The van der Waals surface area contributed by atoms with Gasteiger partial charge in [-0.15, -0.1) is 0 Å². The zero-order valence-electron chi connectivity index (χ0n) is 12.1. The summed E-state index contributed by atoms with van der Waals surface area (Å²) in [6.07, 6.45) is 5.73. The SMILES string of the molecule is Cc1ccc2nccc(/C=C/c3ccc([N+](=O)[O-])cc3)c2c1. The summed E-state index contributed by atoms with van der Waals surface area (Å²) in [6, 6.07) is 14.6. The quantitative estimate of drug-likeness (QED) is 0.522. The number of aryl methyl sites for hydroxylation is 1. The predicted octanol–water partition coefficient (Wildman–Crippen LogP) is 4.62. The molecule has 0 saturated carbocycles. The van der Waals surface area contributed by atoms with Crippen molar-refractivity contribution in [2.45, 2.75) is 6.92 Å². The molecule has 22 heavy (non-hydrogen) atoms. The Hall–Kier alpha value is -3.01. The van der Waals surface area contributed by atoms with Crippen LogP contribution in [0.3, 0.4) is 0 Å². The molecule has 0 aliphatic rings. The third kappa shape index (κ3) is 2.86. The Morgan fingerprint density at radius 1 is 1.05 bits per heavy atom. The molecule has 0 spiro atoms. The monoisotopic (exact) mass is 290 g/mol. The van der Waals surface area contributed by atoms with Crippen LogP contribution in [0.15, 0.2) is 54.7 Å². The van der Waals surface area contributed by atoms with Crippen molar-refractivity contribution in [2.24, 2.45) is 0 Å². The largest absolute Gasteiger partial charge is 0.269 e. The minimum atomic E-state index is -0.396. The van der Waals surface area contributed by atoms with Crippen molar-refractivity contribution in [3.8, 4) is 0 Å². The van der Waals surface area contributed by atoms with Gasteiger partial charge in [-0.05, 0) is 48.4 Å². The van der Waals surface area contributed by atoms with Gasteiger partial charge in [0.25, 0.3) is 5.69 Å². The Labute approximate surface area is 127 Å². The summed E-state index contributed by atoms with van der Waals surface area (Å²) in [5.41, 5.74) is 4.24. The molecule has 4 heteroatoms. The lowest BCUT2D eigenvalue weighted by Gasteiger charge is -2.03. The van der Waals surface area contributed by atoms with Gasteiger partial charge in [0.2, 0.25) is 0 Å². The summed E-state index contributed by atoms with van der Waals surface area (Å²) < 4.78 is 0. The van der Waals surface area contributed by atoms with E-state index in [1.54, 1.807) is 18.3 Å². The molecule has 0 N–H and O–H groups in total. The van der Waals surface area contributed by atoms with E-state index >= 15 is 0 Å². The molecule has 0 radical (unpaired) electrons. The first kappa shape index (κ1) is 13.9. The van der Waals surface area contributed by atoms with Crippen LogP contribution < -0.4 is 0 Å². The van der Waals surface area contributed by atoms with E-state index in [4.69, 9.17) is 0 Å². The highest BCUT2D eigenvalue weighted by molar-refractivity contribution is 5.90. The number of nitro groups is 1. The minimum absolute atomic E-state index is 0.0992. The van der Waals surface area contributed by atoms with E-state index in [1.807, 2.05) is 30.4 Å². The van der Waals surface area contributed by atoms with Gasteiger partial charge in [0.05, 0.1) is 10.4 Å². The predicted molar refractivity (Wildman–Crippen MR) is 88.5 cm³/mol. The first-order chi connectivity index (χ1) is 10.6. The maximum atomic E-state index is 10.7. The fourth-order valence-corrected chi connectivity index (χ4v) is 2.32. The van der Waals surface area contributed by atoms with E-state index < -0.39 is 4.92 Å². The van der Waals surface area contributed by atoms with Gasteiger partial charge in [0.15, 0.2) is 0 Å². The van der Waals surface area contributed by atoms with Gasteiger partial charge in [-0.25, -0.2) is 0 Å². The smallest absolute Gasteiger partial charge is 0.258 e. The van der Waals surface area contributed by atoms with Gasteiger partial charge in [-0.3, -0.25) is 15.1 Å². The molecule has 3 rings (SSSR count). The van der Waals surface area contributed by atoms with Crippen LogP contribution in [0.25, 0.3) is 23.1 Å². The second-order valence-electron chi connectivity index (χ2n) is 5.10. The molecule has 4 nitrogen and oxygen atoms in total. The van der Waals surface area contributed by atoms with Gasteiger partial charge < -0.3 is 0 Å². The van der Waals surface area contributed by atoms with E-state index in [0.717, 1.165) is 22.0 Å². The summed E-state index contributed by atoms with van der Waals surface area (Å²) in [7, 11) is 0. The first-order valence-electron chi connectivity index (χ1n) is 6.91. The van der Waals surface area contributed by atoms with Crippen LogP contribution in [0.4, 0.5) is 5.69 Å². The third-order valence-corrected chi connectivity index (χ3v) is 3.49. The van der Waals surface area contributed by atoms with E-state index in [-0.39, 0.29) is 5.69 Å². The highest BCUT2D eigenvalue weighted by Gasteiger charge is 2.03. The summed E-state index contributed by atoms with van der Waals surface area (Å²) in [5.74, 6) is 0. The summed E-state index contributed by atoms with van der Waals surface area (Å²) >= 11 is 0. The lowest BCUT2D eigenvalue weighted by Crippen LogP contribution is -1.86. The van der Waals surface area contributed by atoms with E-state index in [0.29, 0.717) is 0 Å². The second kappa shape index (κ2) is 5.77. The molecular weight excluding hydrogens is 276 g/mol. The van der Waals surface area contributed by atoms with Crippen molar-refractivity contribution >= 4 is 28.7 Å². The van der Waals surface area contributed by atoms with Crippen LogP contribution in [0, 0.1) is 17.0 Å². The fourth-order valence-electron chi connectivity index (χ4n) is 2.32. The molecule has 0 unspecified atom stereocenters. The number of hydrogen-bond donors (Lipinski definition) is 0. The lowest BCUT2D eigenvalue weighted by molar-refractivity contribution is -0.384. The highest BCUT2D eigenvalue weighted by atomic mass is 16.6. The minimum Gasteiger partial charge on any atom is -0.258 e. The van der Waals surface area contributed by atoms with E-state index in [2.05, 4.69) is 18.0 Å². The number of fused-ring (bicyclic) bond motifs is 1. The van der Waals surface area contributed by atoms with Crippen molar-refractivity contribution in [1.29, 1.82) is 0 Å². The van der Waals surface area contributed by atoms with Crippen molar-refractivity contribution in [1.82, 2.24) is 4.98 Å². The zero-order chi connectivity index (χ0) is 15.5. The van der Waals surface area contributed by atoms with Crippen LogP contribution in [-0.2, 0) is 0 Å². The molecular formula is C18H14N2O2. The van der Waals surface area contributed by atoms with Crippen LogP contribution >= 0.6 is 0 Å². The molecule has 2 aromatic carbocycles. The van der Waals surface area contributed by atoms with E-state index in [9.17, 15) is 10.1 Å². The first-order valence-corrected chi connectivity index (χ1v) is 6.91. The van der Waals surface area contributed by atoms with Gasteiger partial charge in [-0.2, -0.15) is 0 Å². The average Bonchev–Trinajstić information content (AvgIpc) is 2.53. The lowest BCUT2D eigenvalue weighted by atomic mass is 10.1. The zero-order valence-corrected chi connectivity index (χ0v) is 12.1. The summed E-state index contributed by atoms with van der Waals surface area (Å²) in [5, 5.41) is 11.7. The van der Waals surface area contributed by atoms with Crippen molar-refractivity contribution in [3.05, 3.63) is 81.5 Å². The molecule has 0 amide bonds. The number of rotatable bonds is 3. The molecule has 3 aromatic rings. The number of nitro benzene ring substituents is 1. The molecule has 0 bridgehead atoms. The second-order valence-corrected chi connectivity index (χ2v) is 5.10. The molecule has 1 aromatic heterocycles. The molecule has 108 valence electrons. The van der Waals surface area contributed by atoms with Crippen LogP contribution in [0.2, 0.25) is 0 Å². The normalized spacial score (nSPS) is 11.1. The number of nitrogens with zero attached hydrogens (tertiary/aromatic N) is 2. The number of non-ortho nitro benzene ring substituents is 1. The molecule has 0 atom stereocenters. The summed E-state index contributed by atoms with van der Waals surface area (Å²) in [4.78, 5) is 14.6. The molecule has 0 fully saturated rings. The Morgan fingerprint density at radius 2 is 1.82 bits per heavy atom. The molecule has 0 aliphatic heterocycles. The Kier molecular flexibility index (Phi) is 3.66. The average molecular weight is 290 g/mol. The Bertz CT molecular complexity index is 868. The van der Waals surface area contributed by atoms with Gasteiger partial charge >= 0.3 is 0 Å². The number of aromatic nitrogens is 1. The topological polar surface area (TPSA) is 56.0 Å². The van der Waals surface area contributed by atoms with Gasteiger partial charge in [0.1, 0.15) is 0 Å². The van der Waals surface area contributed by atoms with Gasteiger partial charge in [0, 0.05) is 23.7 Å². The van der Waals surface area contributed by atoms with Crippen LogP contribution in [0.5, 0.6) is 0 Å². The van der Waals surface area contributed by atoms with Crippen LogP contribution in [0.1, 0.15) is 16.7 Å². The maximum Gasteiger partial charge on any atom is 0.269 e. The third-order valence-electron chi connectivity index (χ3n) is 3.49. The molecule has 0 saturated heterocycles. The Balaban J connectivity index is 1.95. The molecule has 1 heterocycles. The van der Waals surface area contributed by atoms with E-state index in [1.165, 1.54) is 17.7 Å². The van der Waals surface area contributed by atoms with Crippen molar-refractivity contribution < 1.29 is 4.92 Å². The van der Waals surface area contributed by atoms with Gasteiger partial charge in [-0.1, -0.05) is 23.8 Å². The van der Waals surface area contributed by atoms with Crippen molar-refractivity contribution in [3.63, 3.8) is 0 Å². The number of hydrogen-bond acceptors (Lipinski definition) is 3. The number of pyridine rings is 1.